The molecule has 5 atom stereocenters. The summed E-state index contributed by atoms with van der Waals surface area (Å²) in [4.78, 5) is 0. The number of halogens is 1. The molecule has 2 rings (SSSR count). The largest absolute Gasteiger partial charge is 0.376 e. The second kappa shape index (κ2) is 3.16. The van der Waals surface area contributed by atoms with Crippen molar-refractivity contribution in [2.75, 3.05) is 13.3 Å². The van der Waals surface area contributed by atoms with Crippen LogP contribution in [0.2, 0.25) is 0 Å². The van der Waals surface area contributed by atoms with Crippen molar-refractivity contribution in [2.45, 2.75) is 30.8 Å². The molecule has 0 amide bonds. The van der Waals surface area contributed by atoms with Gasteiger partial charge in [0, 0.05) is 6.66 Å². The van der Waals surface area contributed by atoms with E-state index in [0.717, 1.165) is 0 Å². The van der Waals surface area contributed by atoms with Crippen molar-refractivity contribution in [3.63, 3.8) is 0 Å². The topological polar surface area (TPSA) is 27.7 Å². The van der Waals surface area contributed by atoms with Gasteiger partial charge in [0.1, 0.15) is 20.1 Å². The zero-order valence-electron chi connectivity index (χ0n) is 7.57. The molecule has 2 radical (unpaired) electrons. The van der Waals surface area contributed by atoms with Gasteiger partial charge in [-0.3, -0.25) is 0 Å². The molecule has 72 valence electrons. The number of alkyl halides is 1. The number of hydrogen-bond donors (Lipinski definition) is 0. The van der Waals surface area contributed by atoms with Gasteiger partial charge in [0.25, 0.3) is 0 Å². The smallest absolute Gasteiger partial charge is 0.167 e. The lowest BCUT2D eigenvalue weighted by molar-refractivity contribution is -0.0226. The van der Waals surface area contributed by atoms with Crippen LogP contribution in [0.15, 0.2) is 0 Å². The van der Waals surface area contributed by atoms with Crippen molar-refractivity contribution in [1.29, 1.82) is 0 Å². The molecule has 2 saturated heterocycles. The fraction of sp³-hybridized carbons (Fsp3) is 1.00. The minimum Gasteiger partial charge on any atom is -0.376 e. The van der Waals surface area contributed by atoms with Gasteiger partial charge in [-0.05, 0) is 6.92 Å². The Bertz CT molecular complexity index is 216. The molecule has 2 aliphatic heterocycles. The van der Waals surface area contributed by atoms with Gasteiger partial charge < -0.3 is 13.8 Å². The van der Waals surface area contributed by atoms with Crippen molar-refractivity contribution < 1.29 is 18.2 Å². The van der Waals surface area contributed by atoms with E-state index < -0.39 is 26.2 Å². The highest BCUT2D eigenvalue weighted by molar-refractivity contribution is 7.46. The van der Waals surface area contributed by atoms with E-state index in [1.54, 1.807) is 6.66 Å². The van der Waals surface area contributed by atoms with Crippen molar-refractivity contribution in [3.05, 3.63) is 0 Å². The first-order chi connectivity index (χ1) is 6.01. The van der Waals surface area contributed by atoms with Crippen molar-refractivity contribution >= 4 is 16.2 Å². The summed E-state index contributed by atoms with van der Waals surface area (Å²) < 4.78 is 29.7. The second-order valence-corrected chi connectivity index (χ2v) is 4.86. The zero-order valence-corrected chi connectivity index (χ0v) is 8.46. The van der Waals surface area contributed by atoms with E-state index in [1.807, 2.05) is 0 Å². The fourth-order valence-electron chi connectivity index (χ4n) is 1.58. The second-order valence-electron chi connectivity index (χ2n) is 3.51. The zero-order chi connectivity index (χ0) is 9.64. The molecule has 2 fully saturated rings. The minimum absolute atomic E-state index is 0.358. The van der Waals surface area contributed by atoms with Crippen LogP contribution in [0.4, 0.5) is 4.39 Å². The van der Waals surface area contributed by atoms with Gasteiger partial charge in [-0.25, -0.2) is 4.39 Å². The normalized spacial score (nSPS) is 56.2. The van der Waals surface area contributed by atoms with Crippen LogP contribution in [-0.4, -0.2) is 45.0 Å². The van der Waals surface area contributed by atoms with Gasteiger partial charge >= 0.3 is 0 Å². The van der Waals surface area contributed by atoms with E-state index in [0.29, 0.717) is 6.61 Å². The lowest BCUT2D eigenvalue weighted by Gasteiger charge is -2.32. The van der Waals surface area contributed by atoms with E-state index >= 15 is 0 Å². The quantitative estimate of drug-likeness (QED) is 0.434. The predicted molar refractivity (Wildman–Crippen MR) is 47.6 cm³/mol. The molecular weight excluding hydrogens is 193 g/mol. The summed E-state index contributed by atoms with van der Waals surface area (Å²) in [6.07, 6.45) is -0.934. The molecule has 0 aromatic heterocycles. The van der Waals surface area contributed by atoms with Crippen LogP contribution in [-0.2, 0) is 13.8 Å². The predicted octanol–water partition coefficient (Wildman–Crippen LogP) is 0.965. The van der Waals surface area contributed by atoms with Crippen LogP contribution in [0.25, 0.3) is 0 Å². The Labute approximate surface area is 79.2 Å². The maximum atomic E-state index is 13.9. The summed E-state index contributed by atoms with van der Waals surface area (Å²) in [5.74, 6) is 0. The number of fused-ring (bicyclic) bond motifs is 1. The molecule has 0 bridgehead atoms. The highest BCUT2D eigenvalue weighted by Crippen LogP contribution is 2.48. The molecule has 0 spiro atoms. The molecule has 13 heavy (non-hydrogen) atoms. The van der Waals surface area contributed by atoms with Crippen LogP contribution in [0.3, 0.4) is 0 Å². The van der Waals surface area contributed by atoms with Gasteiger partial charge in [0.2, 0.25) is 0 Å². The molecule has 0 saturated carbocycles. The molecule has 0 aliphatic carbocycles. The first-order valence-electron chi connectivity index (χ1n) is 4.15. The summed E-state index contributed by atoms with van der Waals surface area (Å²) in [5, 5.41) is 0. The van der Waals surface area contributed by atoms with Crippen LogP contribution in [0.5, 0.6) is 0 Å². The Morgan fingerprint density at radius 2 is 2.31 bits per heavy atom. The minimum atomic E-state index is -1.61. The summed E-state index contributed by atoms with van der Waals surface area (Å²) in [6.45, 7) is 3.59. The van der Waals surface area contributed by atoms with Crippen molar-refractivity contribution in [2.24, 2.45) is 0 Å². The molecule has 0 aromatic rings. The number of rotatable bonds is 0. The third-order valence-corrected chi connectivity index (χ3v) is 3.49. The third-order valence-electron chi connectivity index (χ3n) is 2.45. The summed E-state index contributed by atoms with van der Waals surface area (Å²) in [5.41, 5.74) is -1.61. The number of ether oxygens (including phenoxy) is 1. The summed E-state index contributed by atoms with van der Waals surface area (Å²) >= 11 is 0. The monoisotopic (exact) mass is 204 g/mol. The molecular formula is C7H11BFO3P. The van der Waals surface area contributed by atoms with Gasteiger partial charge in [-0.1, -0.05) is 0 Å². The van der Waals surface area contributed by atoms with Gasteiger partial charge in [0.05, 0.1) is 12.6 Å². The maximum Gasteiger partial charge on any atom is 0.167 e. The van der Waals surface area contributed by atoms with E-state index in [1.165, 1.54) is 6.92 Å². The van der Waals surface area contributed by atoms with E-state index in [9.17, 15) is 4.39 Å². The summed E-state index contributed by atoms with van der Waals surface area (Å²) in [6, 6.07) is -0.910. The maximum absolute atomic E-state index is 13.9. The molecule has 2 aliphatic rings. The van der Waals surface area contributed by atoms with Crippen LogP contribution >= 0.6 is 8.38 Å². The first-order valence-corrected chi connectivity index (χ1v) is 5.77. The van der Waals surface area contributed by atoms with Gasteiger partial charge in [-0.2, -0.15) is 0 Å². The molecule has 6 heteroatoms. The van der Waals surface area contributed by atoms with E-state index in [2.05, 4.69) is 0 Å². The SMILES string of the molecule is [B][C@@H]1O[C@@H]2COP(C)O[C@H]2[C@@]1(C)F. The molecule has 0 N–H and O–H groups in total. The number of hydrogen-bond acceptors (Lipinski definition) is 3. The molecule has 3 nitrogen and oxygen atoms in total. The highest BCUT2D eigenvalue weighted by atomic mass is 31.2. The Balaban J connectivity index is 2.16. The molecule has 1 unspecified atom stereocenters. The Morgan fingerprint density at radius 3 is 3.00 bits per heavy atom. The Kier molecular flexibility index (Phi) is 2.39. The summed E-state index contributed by atoms with van der Waals surface area (Å²) in [7, 11) is 4.52. The van der Waals surface area contributed by atoms with Crippen LogP contribution in [0, 0.1) is 0 Å². The van der Waals surface area contributed by atoms with Gasteiger partial charge in [0.15, 0.2) is 14.0 Å². The van der Waals surface area contributed by atoms with Crippen molar-refractivity contribution in [3.8, 4) is 0 Å². The fourth-order valence-corrected chi connectivity index (χ4v) is 2.66. The average molecular weight is 204 g/mol. The molecule has 2 heterocycles. The molecule has 0 aromatic carbocycles. The highest BCUT2D eigenvalue weighted by Gasteiger charge is 2.55. The van der Waals surface area contributed by atoms with E-state index in [-0.39, 0.29) is 6.10 Å². The standard InChI is InChI=1S/C7H11BFO3P/c1-7(9)5-4(11-6(7)8)3-10-13(2)12-5/h4-6H,3H2,1-2H3/t4-,5-,6-,7-,13?/m1/s1. The van der Waals surface area contributed by atoms with E-state index in [4.69, 9.17) is 21.6 Å². The average Bonchev–Trinajstić information content (AvgIpc) is 2.27. The van der Waals surface area contributed by atoms with Crippen LogP contribution in [0.1, 0.15) is 6.92 Å². The lowest BCUT2D eigenvalue weighted by atomic mass is 9.83. The van der Waals surface area contributed by atoms with Crippen LogP contribution < -0.4 is 0 Å². The van der Waals surface area contributed by atoms with Crippen molar-refractivity contribution in [1.82, 2.24) is 0 Å². The van der Waals surface area contributed by atoms with Gasteiger partial charge in [-0.15, -0.1) is 0 Å². The Morgan fingerprint density at radius 1 is 1.62 bits per heavy atom. The third kappa shape index (κ3) is 1.52. The first kappa shape index (κ1) is 9.84. The Hall–Kier alpha value is 0.305. The lowest BCUT2D eigenvalue weighted by Crippen LogP contribution is -2.45.